The molecule has 0 amide bonds. The summed E-state index contributed by atoms with van der Waals surface area (Å²) in [5.41, 5.74) is 0.629. The van der Waals surface area contributed by atoms with E-state index in [1.54, 1.807) is 12.1 Å². The lowest BCUT2D eigenvalue weighted by molar-refractivity contribution is -0.280. The van der Waals surface area contributed by atoms with Crippen LogP contribution in [0.2, 0.25) is 0 Å². The molecule has 6 N–H and O–H groups in total. The first-order valence-corrected chi connectivity index (χ1v) is 12.7. The lowest BCUT2D eigenvalue weighted by Crippen LogP contribution is -2.61. The average Bonchev–Trinajstić information content (AvgIpc) is 2.97. The monoisotopic (exact) mass is 578 g/mol. The smallest absolute Gasteiger partial charge is 0.331 e. The van der Waals surface area contributed by atoms with Gasteiger partial charge < -0.3 is 49.3 Å². The Balaban J connectivity index is 1.31. The van der Waals surface area contributed by atoms with Gasteiger partial charge in [-0.15, -0.1) is 0 Å². The number of benzene rings is 3. The Hall–Kier alpha value is -4.88. The van der Waals surface area contributed by atoms with Crippen LogP contribution in [0.5, 0.6) is 23.0 Å². The first kappa shape index (κ1) is 28.6. The topological polar surface area (TPSA) is 196 Å². The van der Waals surface area contributed by atoms with Gasteiger partial charge in [0.05, 0.1) is 12.0 Å². The molecule has 0 aliphatic carbocycles. The summed E-state index contributed by atoms with van der Waals surface area (Å²) in [5.74, 6) is -1.37. The third kappa shape index (κ3) is 6.06. The van der Waals surface area contributed by atoms with Crippen LogP contribution in [-0.4, -0.2) is 73.9 Å². The molecule has 0 bridgehead atoms. The van der Waals surface area contributed by atoms with E-state index >= 15 is 0 Å². The summed E-state index contributed by atoms with van der Waals surface area (Å²) >= 11 is 0. The summed E-state index contributed by atoms with van der Waals surface area (Å²) < 4.78 is 22.4. The molecule has 12 nitrogen and oxygen atoms in total. The summed E-state index contributed by atoms with van der Waals surface area (Å²) in [6.45, 7) is -0.682. The quantitative estimate of drug-likeness (QED) is 0.106. The van der Waals surface area contributed by atoms with Crippen molar-refractivity contribution in [2.45, 2.75) is 30.7 Å². The number of aliphatic hydroxyl groups is 3. The average molecular weight is 579 g/mol. The Morgan fingerprint density at radius 3 is 2.38 bits per heavy atom. The molecule has 1 aliphatic rings. The van der Waals surface area contributed by atoms with E-state index < -0.39 is 49.0 Å². The van der Waals surface area contributed by atoms with Crippen molar-refractivity contribution in [1.82, 2.24) is 0 Å². The van der Waals surface area contributed by atoms with Crippen LogP contribution >= 0.6 is 0 Å². The van der Waals surface area contributed by atoms with E-state index in [4.69, 9.17) is 18.6 Å². The fraction of sp³-hybridized carbons (Fsp3) is 0.200. The van der Waals surface area contributed by atoms with Crippen molar-refractivity contribution in [1.29, 1.82) is 0 Å². The molecule has 0 saturated carbocycles. The minimum Gasteiger partial charge on any atom is -0.508 e. The second-order valence-corrected chi connectivity index (χ2v) is 9.49. The van der Waals surface area contributed by atoms with Gasteiger partial charge in [0.15, 0.2) is 23.0 Å². The largest absolute Gasteiger partial charge is 0.508 e. The van der Waals surface area contributed by atoms with E-state index in [0.29, 0.717) is 11.1 Å². The lowest BCUT2D eigenvalue weighted by atomic mass is 9.99. The highest BCUT2D eigenvalue weighted by Gasteiger charge is 2.47. The molecule has 1 fully saturated rings. The first-order valence-electron chi connectivity index (χ1n) is 12.7. The molecule has 12 heteroatoms. The maximum atomic E-state index is 12.7. The molecule has 4 aromatic rings. The highest BCUT2D eigenvalue weighted by atomic mass is 16.7. The predicted octanol–water partition coefficient (Wildman–Crippen LogP) is 2.02. The number of carbonyl (C=O) groups excluding carboxylic acids is 1. The molecular weight excluding hydrogens is 552 g/mol. The number of hydrogen-bond acceptors (Lipinski definition) is 12. The number of phenolic OH excluding ortho intramolecular Hbond substituents is 3. The zero-order valence-corrected chi connectivity index (χ0v) is 21.7. The van der Waals surface area contributed by atoms with Crippen LogP contribution in [-0.2, 0) is 14.3 Å². The Bertz CT molecular complexity index is 1670. The molecule has 2 heterocycles. The first-order chi connectivity index (χ1) is 20.1. The molecule has 5 atom stereocenters. The van der Waals surface area contributed by atoms with Gasteiger partial charge in [-0.05, 0) is 54.1 Å². The van der Waals surface area contributed by atoms with Crippen LogP contribution < -0.4 is 10.2 Å². The zero-order valence-electron chi connectivity index (χ0n) is 21.7. The van der Waals surface area contributed by atoms with Gasteiger partial charge in [0.1, 0.15) is 41.2 Å². The second-order valence-electron chi connectivity index (χ2n) is 9.49. The number of phenols is 3. The molecule has 1 saturated heterocycles. The third-order valence-corrected chi connectivity index (χ3v) is 6.59. The van der Waals surface area contributed by atoms with E-state index in [9.17, 15) is 40.2 Å². The van der Waals surface area contributed by atoms with Crippen LogP contribution in [0.25, 0.3) is 28.4 Å². The number of esters is 1. The van der Waals surface area contributed by atoms with Crippen molar-refractivity contribution >= 4 is 23.0 Å². The molecule has 5 rings (SSSR count). The standard InChI is InChI=1S/C30H26O12/c31-14-25-29(42-26(36)10-3-15-1-5-17(32)6-2-15)27(37)28(38)30(41-25)39-18-7-8-19-21(34)13-23(40-24(19)12-18)16-4-9-20(33)22(35)11-16/h1-13,25,27-33,35,37-38H,14H2/b10-3+/t25-,27-,28-,29-,30-/m1/s1. The molecular formula is C30H26O12. The number of carbonyl (C=O) groups is 1. The van der Waals surface area contributed by atoms with Crippen molar-refractivity contribution < 1.29 is 54.1 Å². The van der Waals surface area contributed by atoms with Crippen molar-refractivity contribution in [2.75, 3.05) is 6.61 Å². The Kier molecular flexibility index (Phi) is 8.13. The van der Waals surface area contributed by atoms with Gasteiger partial charge in [-0.3, -0.25) is 4.79 Å². The number of fused-ring (bicyclic) bond motifs is 1. The fourth-order valence-electron chi connectivity index (χ4n) is 4.38. The molecule has 1 aromatic heterocycles. The molecule has 3 aromatic carbocycles. The van der Waals surface area contributed by atoms with Gasteiger partial charge >= 0.3 is 5.97 Å². The van der Waals surface area contributed by atoms with E-state index in [0.717, 1.165) is 6.08 Å². The molecule has 218 valence electrons. The minimum absolute atomic E-state index is 0.0574. The highest BCUT2D eigenvalue weighted by molar-refractivity contribution is 5.87. The van der Waals surface area contributed by atoms with Crippen LogP contribution in [0.1, 0.15) is 5.56 Å². The Labute approximate surface area is 237 Å². The van der Waals surface area contributed by atoms with E-state index in [1.165, 1.54) is 60.7 Å². The maximum absolute atomic E-state index is 12.7. The Morgan fingerprint density at radius 2 is 1.67 bits per heavy atom. The summed E-state index contributed by atoms with van der Waals surface area (Å²) in [4.78, 5) is 25.0. The fourth-order valence-corrected chi connectivity index (χ4v) is 4.38. The van der Waals surface area contributed by atoms with Gasteiger partial charge in [-0.25, -0.2) is 4.79 Å². The van der Waals surface area contributed by atoms with Gasteiger partial charge in [0.25, 0.3) is 0 Å². The van der Waals surface area contributed by atoms with Gasteiger partial charge in [0.2, 0.25) is 6.29 Å². The summed E-state index contributed by atoms with van der Waals surface area (Å²) in [5, 5.41) is 60.2. The van der Waals surface area contributed by atoms with Crippen LogP contribution in [0.4, 0.5) is 0 Å². The lowest BCUT2D eigenvalue weighted by Gasteiger charge is -2.41. The number of ether oxygens (including phenoxy) is 3. The van der Waals surface area contributed by atoms with Crippen LogP contribution in [0, 0.1) is 0 Å². The molecule has 0 spiro atoms. The molecule has 1 aliphatic heterocycles. The van der Waals surface area contributed by atoms with Gasteiger partial charge in [0, 0.05) is 23.8 Å². The third-order valence-electron chi connectivity index (χ3n) is 6.59. The van der Waals surface area contributed by atoms with E-state index in [1.807, 2.05) is 0 Å². The second kappa shape index (κ2) is 11.9. The molecule has 0 radical (unpaired) electrons. The van der Waals surface area contributed by atoms with E-state index in [2.05, 4.69) is 0 Å². The Morgan fingerprint density at radius 1 is 0.905 bits per heavy atom. The normalized spacial score (nSPS) is 22.3. The molecule has 0 unspecified atom stereocenters. The van der Waals surface area contributed by atoms with Crippen molar-refractivity contribution in [3.05, 3.63) is 88.6 Å². The predicted molar refractivity (Wildman–Crippen MR) is 147 cm³/mol. The van der Waals surface area contributed by atoms with Crippen molar-refractivity contribution in [3.8, 4) is 34.3 Å². The van der Waals surface area contributed by atoms with Crippen LogP contribution in [0.3, 0.4) is 0 Å². The van der Waals surface area contributed by atoms with E-state index in [-0.39, 0.29) is 39.4 Å². The van der Waals surface area contributed by atoms with Crippen molar-refractivity contribution in [2.24, 2.45) is 0 Å². The summed E-state index contributed by atoms with van der Waals surface area (Å²) in [6, 6.07) is 15.4. The highest BCUT2D eigenvalue weighted by Crippen LogP contribution is 2.32. The van der Waals surface area contributed by atoms with Gasteiger partial charge in [-0.1, -0.05) is 12.1 Å². The number of rotatable bonds is 7. The maximum Gasteiger partial charge on any atom is 0.331 e. The summed E-state index contributed by atoms with van der Waals surface area (Å²) in [6.07, 6.45) is -5.09. The zero-order chi connectivity index (χ0) is 30.0. The van der Waals surface area contributed by atoms with Crippen LogP contribution in [0.15, 0.2) is 82.0 Å². The number of aromatic hydroxyl groups is 3. The number of hydrogen-bond donors (Lipinski definition) is 6. The SMILES string of the molecule is O=C(/C=C/c1ccc(O)cc1)O[C@H]1[C@H](O)[C@@H](O)[C@H](Oc2ccc3c(=O)cc(-c4ccc(O)c(O)c4)oc3c2)O[C@@H]1CO. The number of aliphatic hydroxyl groups excluding tert-OH is 3. The summed E-state index contributed by atoms with van der Waals surface area (Å²) in [7, 11) is 0. The van der Waals surface area contributed by atoms with Crippen molar-refractivity contribution in [3.63, 3.8) is 0 Å². The minimum atomic E-state index is -1.71. The van der Waals surface area contributed by atoms with Gasteiger partial charge in [-0.2, -0.15) is 0 Å². The molecule has 42 heavy (non-hydrogen) atoms.